The summed E-state index contributed by atoms with van der Waals surface area (Å²) in [5.41, 5.74) is 7.25. The molecule has 0 saturated heterocycles. The molecule has 170 valence electrons. The van der Waals surface area contributed by atoms with Gasteiger partial charge in [-0.3, -0.25) is 0 Å². The first kappa shape index (κ1) is 21.0. The standard InChI is InChI=1S/C27H24N4O2S/c1-32-23-12-11-18(24-25-21(13-14-28-24)20-9-5-6-10-22(20)29-25)15-19(23)16-34-27-31-30-26(33-27)17-7-3-2-4-8-17/h2-12,15,24,28-29H,13-14,16H2,1H3/p+1. The first-order valence-electron chi connectivity index (χ1n) is 11.4. The van der Waals surface area contributed by atoms with Crippen molar-refractivity contribution in [2.45, 2.75) is 23.4 Å². The number of nitrogens with two attached hydrogens (primary N) is 1. The topological polar surface area (TPSA) is 80.5 Å². The van der Waals surface area contributed by atoms with E-state index in [0.717, 1.165) is 29.8 Å². The highest BCUT2D eigenvalue weighted by Gasteiger charge is 2.29. The van der Waals surface area contributed by atoms with Gasteiger partial charge in [-0.1, -0.05) is 48.2 Å². The molecule has 0 radical (unpaired) electrons. The molecule has 6 nitrogen and oxygen atoms in total. The van der Waals surface area contributed by atoms with E-state index >= 15 is 0 Å². The van der Waals surface area contributed by atoms with Crippen molar-refractivity contribution in [3.05, 3.63) is 95.2 Å². The number of ether oxygens (including phenoxy) is 1. The van der Waals surface area contributed by atoms with Crippen molar-refractivity contribution < 1.29 is 14.5 Å². The molecule has 0 spiro atoms. The van der Waals surface area contributed by atoms with Crippen LogP contribution in [-0.2, 0) is 12.2 Å². The minimum absolute atomic E-state index is 0.235. The lowest BCUT2D eigenvalue weighted by molar-refractivity contribution is -0.690. The van der Waals surface area contributed by atoms with Crippen LogP contribution in [0.15, 0.2) is 82.4 Å². The number of H-pyrrole nitrogens is 1. The van der Waals surface area contributed by atoms with Crippen LogP contribution in [0.1, 0.15) is 28.4 Å². The van der Waals surface area contributed by atoms with E-state index in [1.165, 1.54) is 39.5 Å². The Labute approximate surface area is 201 Å². The van der Waals surface area contributed by atoms with Crippen LogP contribution >= 0.6 is 11.8 Å². The van der Waals surface area contributed by atoms with Gasteiger partial charge >= 0.3 is 0 Å². The summed E-state index contributed by atoms with van der Waals surface area (Å²) in [4.78, 5) is 3.69. The molecule has 3 heterocycles. The number of hydrogen-bond acceptors (Lipinski definition) is 5. The number of hydrogen-bond donors (Lipinski definition) is 2. The average Bonchev–Trinajstić information content (AvgIpc) is 3.53. The smallest absolute Gasteiger partial charge is 0.277 e. The van der Waals surface area contributed by atoms with Gasteiger partial charge in [0.1, 0.15) is 5.75 Å². The van der Waals surface area contributed by atoms with Crippen LogP contribution in [0, 0.1) is 0 Å². The third-order valence-corrected chi connectivity index (χ3v) is 7.26. The van der Waals surface area contributed by atoms with Crippen LogP contribution in [0.25, 0.3) is 22.4 Å². The first-order chi connectivity index (χ1) is 16.8. The van der Waals surface area contributed by atoms with Crippen LogP contribution < -0.4 is 10.1 Å². The first-order valence-corrected chi connectivity index (χ1v) is 12.4. The molecule has 3 aromatic carbocycles. The molecule has 0 saturated carbocycles. The van der Waals surface area contributed by atoms with E-state index in [0.29, 0.717) is 16.9 Å². The van der Waals surface area contributed by atoms with Crippen molar-refractivity contribution in [2.75, 3.05) is 13.7 Å². The second-order valence-electron chi connectivity index (χ2n) is 8.41. The summed E-state index contributed by atoms with van der Waals surface area (Å²) < 4.78 is 11.6. The van der Waals surface area contributed by atoms with Crippen LogP contribution in [-0.4, -0.2) is 28.8 Å². The lowest BCUT2D eigenvalue weighted by atomic mass is 9.93. The number of nitrogens with one attached hydrogen (secondary N) is 1. The highest BCUT2D eigenvalue weighted by molar-refractivity contribution is 7.98. The minimum atomic E-state index is 0.235. The SMILES string of the molecule is COc1ccc(C2[NH2+]CCc3c2[nH]c2ccccc32)cc1CSc1nnc(-c2ccccc2)o1. The normalized spacial score (nSPS) is 15.4. The van der Waals surface area contributed by atoms with E-state index in [1.54, 1.807) is 7.11 Å². The summed E-state index contributed by atoms with van der Waals surface area (Å²) >= 11 is 1.53. The Hall–Kier alpha value is -3.55. The Kier molecular flexibility index (Phi) is 5.57. The number of thioether (sulfide) groups is 1. The summed E-state index contributed by atoms with van der Waals surface area (Å²) in [6.45, 7) is 1.07. The molecule has 0 amide bonds. The molecular formula is C27H25N4O2S+. The van der Waals surface area contributed by atoms with Crippen molar-refractivity contribution in [2.24, 2.45) is 0 Å². The van der Waals surface area contributed by atoms with E-state index < -0.39 is 0 Å². The zero-order valence-electron chi connectivity index (χ0n) is 18.8. The molecule has 0 fully saturated rings. The number of benzene rings is 3. The van der Waals surface area contributed by atoms with E-state index in [-0.39, 0.29) is 6.04 Å². The second-order valence-corrected chi connectivity index (χ2v) is 9.34. The Morgan fingerprint density at radius 1 is 1.06 bits per heavy atom. The van der Waals surface area contributed by atoms with Crippen LogP contribution in [0.2, 0.25) is 0 Å². The van der Waals surface area contributed by atoms with Gasteiger partial charge in [0.25, 0.3) is 5.22 Å². The number of methoxy groups -OCH3 is 1. The number of para-hydroxylation sites is 1. The summed E-state index contributed by atoms with van der Waals surface area (Å²) in [5, 5.41) is 12.7. The highest BCUT2D eigenvalue weighted by atomic mass is 32.2. The molecule has 5 aromatic rings. The Morgan fingerprint density at radius 2 is 1.91 bits per heavy atom. The van der Waals surface area contributed by atoms with E-state index in [1.807, 2.05) is 30.3 Å². The Morgan fingerprint density at radius 3 is 2.79 bits per heavy atom. The van der Waals surface area contributed by atoms with Crippen molar-refractivity contribution in [3.63, 3.8) is 0 Å². The van der Waals surface area contributed by atoms with E-state index in [9.17, 15) is 0 Å². The number of aromatic nitrogens is 3. The van der Waals surface area contributed by atoms with E-state index in [2.05, 4.69) is 63.0 Å². The predicted molar refractivity (Wildman–Crippen MR) is 133 cm³/mol. The molecule has 1 aliphatic rings. The number of rotatable bonds is 6. The maximum atomic E-state index is 5.88. The highest BCUT2D eigenvalue weighted by Crippen LogP contribution is 2.34. The van der Waals surface area contributed by atoms with Crippen LogP contribution in [0.4, 0.5) is 0 Å². The average molecular weight is 470 g/mol. The molecule has 1 atom stereocenters. The van der Waals surface area contributed by atoms with Crippen molar-refractivity contribution >= 4 is 22.7 Å². The maximum Gasteiger partial charge on any atom is 0.277 e. The van der Waals surface area contributed by atoms with Crippen LogP contribution in [0.5, 0.6) is 5.75 Å². The summed E-state index contributed by atoms with van der Waals surface area (Å²) in [5.74, 6) is 2.08. The Bertz CT molecular complexity index is 1440. The fraction of sp³-hybridized carbons (Fsp3) is 0.185. The third kappa shape index (κ3) is 3.87. The third-order valence-electron chi connectivity index (χ3n) is 6.40. The number of quaternary nitrogens is 1. The zero-order valence-corrected chi connectivity index (χ0v) is 19.6. The van der Waals surface area contributed by atoms with Gasteiger partial charge in [-0.25, -0.2) is 0 Å². The molecule has 0 aliphatic carbocycles. The van der Waals surface area contributed by atoms with Crippen molar-refractivity contribution in [1.29, 1.82) is 0 Å². The largest absolute Gasteiger partial charge is 0.496 e. The second kappa shape index (κ2) is 9.00. The molecule has 1 unspecified atom stereocenters. The maximum absolute atomic E-state index is 5.88. The summed E-state index contributed by atoms with van der Waals surface area (Å²) in [7, 11) is 1.71. The number of nitrogens with zero attached hydrogens (tertiary/aromatic N) is 2. The van der Waals surface area contributed by atoms with Gasteiger partial charge < -0.3 is 19.5 Å². The van der Waals surface area contributed by atoms with Crippen molar-refractivity contribution in [3.8, 4) is 17.2 Å². The Balaban J connectivity index is 1.27. The summed E-state index contributed by atoms with van der Waals surface area (Å²) in [6.07, 6.45) is 1.08. The van der Waals surface area contributed by atoms with Crippen LogP contribution in [0.3, 0.4) is 0 Å². The molecule has 3 N–H and O–H groups in total. The predicted octanol–water partition coefficient (Wildman–Crippen LogP) is 4.73. The van der Waals surface area contributed by atoms with Gasteiger partial charge in [-0.05, 0) is 42.0 Å². The molecule has 7 heteroatoms. The number of fused-ring (bicyclic) bond motifs is 3. The zero-order chi connectivity index (χ0) is 22.9. The fourth-order valence-electron chi connectivity index (χ4n) is 4.78. The van der Waals surface area contributed by atoms with E-state index in [4.69, 9.17) is 9.15 Å². The van der Waals surface area contributed by atoms with Gasteiger partial charge in [-0.15, -0.1) is 10.2 Å². The molecule has 34 heavy (non-hydrogen) atoms. The van der Waals surface area contributed by atoms with Gasteiger partial charge in [-0.2, -0.15) is 0 Å². The lowest BCUT2D eigenvalue weighted by Crippen LogP contribution is -2.87. The number of aromatic amines is 1. The van der Waals surface area contributed by atoms with Gasteiger partial charge in [0.05, 0.1) is 19.3 Å². The van der Waals surface area contributed by atoms with Gasteiger partial charge in [0, 0.05) is 39.8 Å². The lowest BCUT2D eigenvalue weighted by Gasteiger charge is -2.22. The quantitative estimate of drug-likeness (QED) is 0.352. The fourth-order valence-corrected chi connectivity index (χ4v) is 5.52. The van der Waals surface area contributed by atoms with Gasteiger partial charge in [0.2, 0.25) is 5.89 Å². The monoisotopic (exact) mass is 469 g/mol. The molecule has 1 aliphatic heterocycles. The molecule has 6 rings (SSSR count). The molecule has 0 bridgehead atoms. The summed E-state index contributed by atoms with van der Waals surface area (Å²) in [6, 6.07) is 25.1. The van der Waals surface area contributed by atoms with Gasteiger partial charge in [0.15, 0.2) is 6.04 Å². The molecule has 2 aromatic heterocycles. The van der Waals surface area contributed by atoms with Crippen molar-refractivity contribution in [1.82, 2.24) is 15.2 Å². The minimum Gasteiger partial charge on any atom is -0.496 e. The molecular weight excluding hydrogens is 444 g/mol.